The third-order valence-corrected chi connectivity index (χ3v) is 6.37. The molecule has 0 fully saturated rings. The van der Waals surface area contributed by atoms with Gasteiger partial charge in [-0.2, -0.15) is 0 Å². The molecule has 1 atom stereocenters. The number of ether oxygens (including phenoxy) is 2. The Labute approximate surface area is 217 Å². The molecule has 3 rings (SSSR count). The summed E-state index contributed by atoms with van der Waals surface area (Å²) >= 11 is 0. The Morgan fingerprint density at radius 1 is 0.946 bits per heavy atom. The molecule has 3 aromatic carbocycles. The molecule has 0 bridgehead atoms. The molecule has 0 aromatic heterocycles. The van der Waals surface area contributed by atoms with E-state index in [-0.39, 0.29) is 18.1 Å². The minimum atomic E-state index is -3.57. The number of hydrogen-bond acceptors (Lipinski definition) is 8. The van der Waals surface area contributed by atoms with Crippen LogP contribution in [0.5, 0.6) is 11.5 Å². The van der Waals surface area contributed by atoms with Crippen LogP contribution in [0, 0.1) is 0 Å². The summed E-state index contributed by atoms with van der Waals surface area (Å²) in [6, 6.07) is 19.6. The maximum Gasteiger partial charge on any atom is 0.213 e. The maximum absolute atomic E-state index is 11.2. The Kier molecular flexibility index (Phi) is 10.9. The number of nitrogens with one attached hydrogen (secondary N) is 1. The van der Waals surface area contributed by atoms with Gasteiger partial charge in [0.25, 0.3) is 0 Å². The highest BCUT2D eigenvalue weighted by atomic mass is 32.2. The molecule has 10 heteroatoms. The molecule has 0 saturated carbocycles. The van der Waals surface area contributed by atoms with Crippen LogP contribution >= 0.6 is 0 Å². The van der Waals surface area contributed by atoms with E-state index in [2.05, 4.69) is 5.32 Å². The number of primary sulfonamides is 1. The van der Waals surface area contributed by atoms with Gasteiger partial charge >= 0.3 is 0 Å². The van der Waals surface area contributed by atoms with Gasteiger partial charge in [-0.15, -0.1) is 0 Å². The first-order valence-electron chi connectivity index (χ1n) is 11.9. The van der Waals surface area contributed by atoms with E-state index in [0.717, 1.165) is 23.3 Å². The Morgan fingerprint density at radius 2 is 1.70 bits per heavy atom. The van der Waals surface area contributed by atoms with Crippen molar-refractivity contribution in [1.82, 2.24) is 5.32 Å². The highest BCUT2D eigenvalue weighted by molar-refractivity contribution is 7.88. The molecule has 37 heavy (non-hydrogen) atoms. The van der Waals surface area contributed by atoms with Crippen LogP contribution in [0.3, 0.4) is 0 Å². The second-order valence-electron chi connectivity index (χ2n) is 8.69. The van der Waals surface area contributed by atoms with Gasteiger partial charge in [-0.1, -0.05) is 42.5 Å². The molecule has 0 unspecified atom stereocenters. The van der Waals surface area contributed by atoms with Gasteiger partial charge in [-0.25, -0.2) is 13.6 Å². The van der Waals surface area contributed by atoms with E-state index in [0.29, 0.717) is 49.6 Å². The van der Waals surface area contributed by atoms with Crippen LogP contribution in [0.1, 0.15) is 33.9 Å². The van der Waals surface area contributed by atoms with E-state index in [4.69, 9.17) is 14.6 Å². The summed E-state index contributed by atoms with van der Waals surface area (Å²) in [6.07, 6.45) is 0.0351. The third-order valence-electron chi connectivity index (χ3n) is 5.63. The number of sulfonamides is 1. The molecule has 0 spiro atoms. The van der Waals surface area contributed by atoms with Crippen molar-refractivity contribution < 1.29 is 33.2 Å². The van der Waals surface area contributed by atoms with Gasteiger partial charge in [-0.3, -0.25) is 0 Å². The van der Waals surface area contributed by atoms with Crippen molar-refractivity contribution in [2.75, 3.05) is 26.3 Å². The molecule has 9 nitrogen and oxygen atoms in total. The van der Waals surface area contributed by atoms with Gasteiger partial charge in [0, 0.05) is 12.1 Å². The average Bonchev–Trinajstić information content (AvgIpc) is 2.86. The van der Waals surface area contributed by atoms with Gasteiger partial charge in [0.1, 0.15) is 18.1 Å². The summed E-state index contributed by atoms with van der Waals surface area (Å²) < 4.78 is 33.8. The fourth-order valence-corrected chi connectivity index (χ4v) is 4.38. The first-order chi connectivity index (χ1) is 17.7. The van der Waals surface area contributed by atoms with Crippen molar-refractivity contribution in [3.05, 3.63) is 94.5 Å². The monoisotopic (exact) mass is 530 g/mol. The van der Waals surface area contributed by atoms with Crippen molar-refractivity contribution in [2.45, 2.75) is 31.5 Å². The summed E-state index contributed by atoms with van der Waals surface area (Å²) in [7, 11) is -3.57. The molecule has 0 aliphatic carbocycles. The molecule has 6 N–H and O–H groups in total. The lowest BCUT2D eigenvalue weighted by atomic mass is 10.1. The van der Waals surface area contributed by atoms with Crippen molar-refractivity contribution in [3.8, 4) is 11.5 Å². The number of benzene rings is 3. The van der Waals surface area contributed by atoms with E-state index < -0.39 is 16.1 Å². The summed E-state index contributed by atoms with van der Waals surface area (Å²) in [5, 5.41) is 37.5. The summed E-state index contributed by atoms with van der Waals surface area (Å²) in [5.74, 6) is 0.541. The zero-order valence-electron chi connectivity index (χ0n) is 20.5. The molecular formula is C27H34N2O7S. The van der Waals surface area contributed by atoms with Crippen LogP contribution in [0.15, 0.2) is 66.7 Å². The standard InChI is InChI=1S/C27H34N2O7S/c28-37(33,34)19-22-3-1-2-21(14-22)18-35-12-13-36-25-7-4-20(5-8-25)10-11-29-16-27(32)23-6-9-26(31)24(15-23)17-30/h1-9,14-15,27,29-32H,10-13,16-19H2,(H2,28,33,34)/t27-/m0/s1. The Hall–Kier alpha value is -2.99. The molecule has 0 radical (unpaired) electrons. The largest absolute Gasteiger partial charge is 0.508 e. The maximum atomic E-state index is 11.2. The quantitative estimate of drug-likeness (QED) is 0.188. The number of aliphatic hydroxyl groups excluding tert-OH is 2. The van der Waals surface area contributed by atoms with Crippen LogP contribution in [-0.2, 0) is 40.1 Å². The van der Waals surface area contributed by atoms with Crippen LogP contribution in [-0.4, -0.2) is 50.0 Å². The minimum Gasteiger partial charge on any atom is -0.508 e. The molecule has 3 aromatic rings. The Balaban J connectivity index is 1.31. The average molecular weight is 531 g/mol. The van der Waals surface area contributed by atoms with Gasteiger partial charge in [-0.05, 0) is 59.5 Å². The second-order valence-corrected chi connectivity index (χ2v) is 10.3. The predicted molar refractivity (Wildman–Crippen MR) is 140 cm³/mol. The molecule has 0 aliphatic rings. The number of nitrogens with two attached hydrogens (primary N) is 1. The van der Waals surface area contributed by atoms with E-state index in [9.17, 15) is 23.7 Å². The van der Waals surface area contributed by atoms with Crippen LogP contribution in [0.25, 0.3) is 0 Å². The summed E-state index contributed by atoms with van der Waals surface area (Å²) in [6.45, 7) is 1.85. The highest BCUT2D eigenvalue weighted by Gasteiger charge is 2.10. The zero-order chi connectivity index (χ0) is 26.7. The van der Waals surface area contributed by atoms with Gasteiger partial charge in [0.15, 0.2) is 0 Å². The number of hydrogen-bond donors (Lipinski definition) is 5. The van der Waals surface area contributed by atoms with Gasteiger partial charge < -0.3 is 30.1 Å². The third kappa shape index (κ3) is 10.1. The number of phenols is 1. The normalized spacial score (nSPS) is 12.4. The smallest absolute Gasteiger partial charge is 0.213 e. The van der Waals surface area contributed by atoms with Gasteiger partial charge in [0.05, 0.1) is 31.7 Å². The Morgan fingerprint density at radius 3 is 2.43 bits per heavy atom. The second kappa shape index (κ2) is 14.1. The number of aliphatic hydroxyl groups is 2. The molecule has 0 aliphatic heterocycles. The fraction of sp³-hybridized carbons (Fsp3) is 0.333. The van der Waals surface area contributed by atoms with Crippen molar-refractivity contribution in [2.24, 2.45) is 5.14 Å². The first kappa shape index (κ1) is 28.6. The lowest BCUT2D eigenvalue weighted by molar-refractivity contribution is 0.0889. The highest BCUT2D eigenvalue weighted by Crippen LogP contribution is 2.22. The summed E-state index contributed by atoms with van der Waals surface area (Å²) in [5.41, 5.74) is 3.63. The van der Waals surface area contributed by atoms with Crippen LogP contribution in [0.4, 0.5) is 0 Å². The first-order valence-corrected chi connectivity index (χ1v) is 13.6. The zero-order valence-corrected chi connectivity index (χ0v) is 21.4. The topological polar surface area (TPSA) is 151 Å². The fourth-order valence-electron chi connectivity index (χ4n) is 3.73. The van der Waals surface area contributed by atoms with E-state index in [1.807, 2.05) is 30.3 Å². The Bertz CT molecular complexity index is 1230. The van der Waals surface area contributed by atoms with E-state index in [1.54, 1.807) is 30.3 Å². The lowest BCUT2D eigenvalue weighted by Crippen LogP contribution is -2.23. The molecule has 200 valence electrons. The lowest BCUT2D eigenvalue weighted by Gasteiger charge is -2.14. The van der Waals surface area contributed by atoms with Crippen LogP contribution < -0.4 is 15.2 Å². The molecular weight excluding hydrogens is 496 g/mol. The number of rotatable bonds is 15. The molecule has 0 heterocycles. The number of aromatic hydroxyl groups is 1. The van der Waals surface area contributed by atoms with Crippen LogP contribution in [0.2, 0.25) is 0 Å². The van der Waals surface area contributed by atoms with Crippen molar-refractivity contribution in [3.63, 3.8) is 0 Å². The predicted octanol–water partition coefficient (Wildman–Crippen LogP) is 2.13. The SMILES string of the molecule is NS(=O)(=O)Cc1cccc(COCCOc2ccc(CCNC[C@H](O)c3ccc(O)c(CO)c3)cc2)c1. The minimum absolute atomic E-state index is 0.0110. The van der Waals surface area contributed by atoms with E-state index >= 15 is 0 Å². The molecule has 0 amide bonds. The molecule has 0 saturated heterocycles. The van der Waals surface area contributed by atoms with E-state index in [1.165, 1.54) is 6.07 Å². The summed E-state index contributed by atoms with van der Waals surface area (Å²) in [4.78, 5) is 0. The van der Waals surface area contributed by atoms with Crippen molar-refractivity contribution in [1.29, 1.82) is 0 Å². The van der Waals surface area contributed by atoms with Gasteiger partial charge in [0.2, 0.25) is 10.0 Å². The van der Waals surface area contributed by atoms with Crippen molar-refractivity contribution >= 4 is 10.0 Å².